The van der Waals surface area contributed by atoms with Crippen LogP contribution in [0.5, 0.6) is 5.75 Å². The minimum Gasteiger partial charge on any atom is -0.494 e. The number of benzene rings is 1. The van der Waals surface area contributed by atoms with E-state index in [1.807, 2.05) is 13.0 Å². The van der Waals surface area contributed by atoms with Crippen LogP contribution in [0.25, 0.3) is 11.2 Å². The molecule has 31 heavy (non-hydrogen) atoms. The van der Waals surface area contributed by atoms with Crippen LogP contribution in [-0.2, 0) is 21.3 Å². The largest absolute Gasteiger partial charge is 0.494 e. The molecular formula is C21H26N4O5S. The Hall–Kier alpha value is -2.69. The zero-order chi connectivity index (χ0) is 22.0. The van der Waals surface area contributed by atoms with Crippen molar-refractivity contribution in [2.24, 2.45) is 0 Å². The van der Waals surface area contributed by atoms with Gasteiger partial charge >= 0.3 is 5.69 Å². The molecule has 1 saturated heterocycles. The number of hydrogen-bond acceptors (Lipinski definition) is 6. The highest BCUT2D eigenvalue weighted by Crippen LogP contribution is 2.29. The number of pyridine rings is 1. The van der Waals surface area contributed by atoms with E-state index in [0.29, 0.717) is 44.1 Å². The third-order valence-corrected chi connectivity index (χ3v) is 7.38. The number of nitrogens with zero attached hydrogens (tertiary/aromatic N) is 4. The molecule has 10 heteroatoms. The lowest BCUT2D eigenvalue weighted by molar-refractivity contribution is 0.187. The van der Waals surface area contributed by atoms with Crippen LogP contribution in [0.15, 0.2) is 52.3 Å². The second-order valence-corrected chi connectivity index (χ2v) is 9.29. The van der Waals surface area contributed by atoms with Gasteiger partial charge in [0.15, 0.2) is 5.65 Å². The molecule has 0 unspecified atom stereocenters. The number of rotatable bonds is 8. The molecule has 4 rings (SSSR count). The van der Waals surface area contributed by atoms with Crippen molar-refractivity contribution in [3.8, 4) is 5.75 Å². The lowest BCUT2D eigenvalue weighted by atomic mass is 10.2. The first-order valence-electron chi connectivity index (χ1n) is 10.2. The summed E-state index contributed by atoms with van der Waals surface area (Å²) in [4.78, 5) is 17.8. The first kappa shape index (κ1) is 21.5. The molecule has 1 aromatic carbocycles. The van der Waals surface area contributed by atoms with Gasteiger partial charge in [-0.2, -0.15) is 4.31 Å². The molecule has 1 aliphatic heterocycles. The minimum atomic E-state index is -3.67. The quantitative estimate of drug-likeness (QED) is 0.524. The molecular weight excluding hydrogens is 420 g/mol. The van der Waals surface area contributed by atoms with Gasteiger partial charge in [0, 0.05) is 26.4 Å². The Morgan fingerprint density at radius 1 is 1.19 bits per heavy atom. The van der Waals surface area contributed by atoms with E-state index in [4.69, 9.17) is 9.47 Å². The van der Waals surface area contributed by atoms with Gasteiger partial charge in [0.2, 0.25) is 10.0 Å². The molecule has 3 aromatic rings. The van der Waals surface area contributed by atoms with Crippen molar-refractivity contribution in [2.45, 2.75) is 30.8 Å². The zero-order valence-electron chi connectivity index (χ0n) is 17.6. The maximum Gasteiger partial charge on any atom is 0.330 e. The summed E-state index contributed by atoms with van der Waals surface area (Å²) < 4.78 is 41.5. The number of ether oxygens (including phenoxy) is 2. The molecule has 2 aromatic heterocycles. The third kappa shape index (κ3) is 3.98. The molecule has 9 nitrogen and oxygen atoms in total. The Balaban J connectivity index is 1.62. The monoisotopic (exact) mass is 446 g/mol. The number of hydrogen-bond donors (Lipinski definition) is 0. The Morgan fingerprint density at radius 3 is 2.68 bits per heavy atom. The van der Waals surface area contributed by atoms with Crippen molar-refractivity contribution in [3.05, 3.63) is 53.1 Å². The second-order valence-electron chi connectivity index (χ2n) is 7.35. The predicted octanol–water partition coefficient (Wildman–Crippen LogP) is 1.88. The standard InChI is InChI=1S/C21H26N4O5S/c1-3-30-17-6-8-18(9-7-17)31(27,28)23-12-10-16(15-23)25-20-19(5-4-11-22-20)24(21(25)26)13-14-29-2/h4-9,11,16H,3,10,12-15H2,1-2H3/t16-/m1/s1. The van der Waals surface area contributed by atoms with Crippen LogP contribution in [0, 0.1) is 0 Å². The van der Waals surface area contributed by atoms with Crippen LogP contribution >= 0.6 is 0 Å². The van der Waals surface area contributed by atoms with Crippen LogP contribution in [0.2, 0.25) is 0 Å². The summed E-state index contributed by atoms with van der Waals surface area (Å²) in [5, 5.41) is 0. The Bertz CT molecular complexity index is 1220. The van der Waals surface area contributed by atoms with Gasteiger partial charge in [0.05, 0.1) is 36.2 Å². The molecule has 1 atom stereocenters. The number of aromatic nitrogens is 3. The van der Waals surface area contributed by atoms with Gasteiger partial charge in [-0.25, -0.2) is 18.2 Å². The Morgan fingerprint density at radius 2 is 1.97 bits per heavy atom. The van der Waals surface area contributed by atoms with Gasteiger partial charge in [-0.3, -0.25) is 9.13 Å². The first-order valence-corrected chi connectivity index (χ1v) is 11.7. The van der Waals surface area contributed by atoms with Gasteiger partial charge in [-0.05, 0) is 49.7 Å². The number of methoxy groups -OCH3 is 1. The molecule has 166 valence electrons. The van der Waals surface area contributed by atoms with Crippen LogP contribution < -0.4 is 10.4 Å². The highest BCUT2D eigenvalue weighted by Gasteiger charge is 2.35. The van der Waals surface area contributed by atoms with Crippen molar-refractivity contribution in [2.75, 3.05) is 33.4 Å². The summed E-state index contributed by atoms with van der Waals surface area (Å²) in [5.41, 5.74) is 1.09. The molecule has 0 spiro atoms. The topological polar surface area (TPSA) is 95.7 Å². The molecule has 0 bridgehead atoms. The number of fused-ring (bicyclic) bond motifs is 1. The maximum absolute atomic E-state index is 13.2. The minimum absolute atomic E-state index is 0.198. The molecule has 3 heterocycles. The van der Waals surface area contributed by atoms with Crippen LogP contribution in [0.4, 0.5) is 0 Å². The van der Waals surface area contributed by atoms with E-state index in [1.54, 1.807) is 52.8 Å². The Kier molecular flexibility index (Phi) is 6.12. The smallest absolute Gasteiger partial charge is 0.330 e. The summed E-state index contributed by atoms with van der Waals surface area (Å²) in [5.74, 6) is 0.627. The van der Waals surface area contributed by atoms with Gasteiger partial charge in [0.25, 0.3) is 0 Å². The number of imidazole rings is 1. The van der Waals surface area contributed by atoms with E-state index >= 15 is 0 Å². The van der Waals surface area contributed by atoms with Gasteiger partial charge in [0.1, 0.15) is 5.75 Å². The molecule has 0 amide bonds. The predicted molar refractivity (Wildman–Crippen MR) is 116 cm³/mol. The first-order chi connectivity index (χ1) is 15.0. The van der Waals surface area contributed by atoms with Crippen molar-refractivity contribution in [1.29, 1.82) is 0 Å². The van der Waals surface area contributed by atoms with E-state index in [2.05, 4.69) is 4.98 Å². The summed E-state index contributed by atoms with van der Waals surface area (Å²) in [6, 6.07) is 9.76. The molecule has 1 aliphatic rings. The third-order valence-electron chi connectivity index (χ3n) is 5.50. The average molecular weight is 447 g/mol. The van der Waals surface area contributed by atoms with Gasteiger partial charge in [-0.15, -0.1) is 0 Å². The van der Waals surface area contributed by atoms with Crippen molar-refractivity contribution < 1.29 is 17.9 Å². The fourth-order valence-electron chi connectivity index (χ4n) is 4.00. The average Bonchev–Trinajstić information content (AvgIpc) is 3.36. The fraction of sp³-hybridized carbons (Fsp3) is 0.429. The van der Waals surface area contributed by atoms with E-state index in [-0.39, 0.29) is 23.2 Å². The van der Waals surface area contributed by atoms with Crippen LogP contribution in [0.3, 0.4) is 0 Å². The zero-order valence-corrected chi connectivity index (χ0v) is 18.4. The Labute approximate surface area is 180 Å². The molecule has 0 N–H and O–H groups in total. The van der Waals surface area contributed by atoms with Gasteiger partial charge in [-0.1, -0.05) is 0 Å². The summed E-state index contributed by atoms with van der Waals surface area (Å²) >= 11 is 0. The fourth-order valence-corrected chi connectivity index (χ4v) is 5.49. The van der Waals surface area contributed by atoms with E-state index in [9.17, 15) is 13.2 Å². The van der Waals surface area contributed by atoms with E-state index < -0.39 is 10.0 Å². The lowest BCUT2D eigenvalue weighted by Crippen LogP contribution is -2.32. The maximum atomic E-state index is 13.2. The van der Waals surface area contributed by atoms with Crippen molar-refractivity contribution >= 4 is 21.2 Å². The van der Waals surface area contributed by atoms with Crippen LogP contribution in [-0.4, -0.2) is 60.3 Å². The van der Waals surface area contributed by atoms with Crippen LogP contribution in [0.1, 0.15) is 19.4 Å². The van der Waals surface area contributed by atoms with Crippen molar-refractivity contribution in [1.82, 2.24) is 18.4 Å². The molecule has 0 radical (unpaired) electrons. The van der Waals surface area contributed by atoms with E-state index in [0.717, 1.165) is 5.52 Å². The molecule has 0 saturated carbocycles. The highest BCUT2D eigenvalue weighted by atomic mass is 32.2. The van der Waals surface area contributed by atoms with Gasteiger partial charge < -0.3 is 9.47 Å². The highest BCUT2D eigenvalue weighted by molar-refractivity contribution is 7.89. The SMILES string of the molecule is CCOc1ccc(S(=O)(=O)N2CC[C@@H](n3c(=O)n(CCOC)c4cccnc43)C2)cc1. The molecule has 1 fully saturated rings. The van der Waals surface area contributed by atoms with Crippen molar-refractivity contribution in [3.63, 3.8) is 0 Å². The summed E-state index contributed by atoms with van der Waals surface area (Å²) in [6.07, 6.45) is 2.18. The second kappa shape index (κ2) is 8.81. The van der Waals surface area contributed by atoms with E-state index in [1.165, 1.54) is 4.31 Å². The lowest BCUT2D eigenvalue weighted by Gasteiger charge is -2.17. The summed E-state index contributed by atoms with van der Waals surface area (Å²) in [7, 11) is -2.08. The molecule has 0 aliphatic carbocycles. The number of sulfonamides is 1. The summed E-state index contributed by atoms with van der Waals surface area (Å²) in [6.45, 7) is 3.75. The normalized spacial score (nSPS) is 17.4.